The average Bonchev–Trinajstić information content (AvgIpc) is 3.01. The number of benzene rings is 2. The first-order chi connectivity index (χ1) is 9.75. The van der Waals surface area contributed by atoms with Gasteiger partial charge >= 0.3 is 0 Å². The van der Waals surface area contributed by atoms with Gasteiger partial charge in [0.25, 0.3) is 0 Å². The highest BCUT2D eigenvalue weighted by molar-refractivity contribution is 14.1. The van der Waals surface area contributed by atoms with E-state index in [0.717, 1.165) is 27.8 Å². The highest BCUT2D eigenvalue weighted by atomic mass is 127. The van der Waals surface area contributed by atoms with Gasteiger partial charge in [-0.05, 0) is 53.6 Å². The van der Waals surface area contributed by atoms with Crippen LogP contribution in [0, 0.1) is 3.57 Å². The molecule has 0 atom stereocenters. The van der Waals surface area contributed by atoms with Crippen LogP contribution in [-0.4, -0.2) is 18.9 Å². The summed E-state index contributed by atoms with van der Waals surface area (Å²) < 4.78 is 1.16. The molecule has 20 heavy (non-hydrogen) atoms. The monoisotopic (exact) mass is 377 g/mol. The van der Waals surface area contributed by atoms with Crippen molar-refractivity contribution in [1.82, 2.24) is 0 Å². The third-order valence-electron chi connectivity index (χ3n) is 3.69. The van der Waals surface area contributed by atoms with Gasteiger partial charge in [0.05, 0.1) is 5.69 Å². The molecule has 1 aliphatic rings. The second kappa shape index (κ2) is 5.95. The Kier molecular flexibility index (Phi) is 4.05. The molecular weight excluding hydrogens is 361 g/mol. The molecule has 1 heterocycles. The third kappa shape index (κ3) is 2.73. The van der Waals surface area contributed by atoms with Crippen LogP contribution in [-0.2, 0) is 0 Å². The predicted octanol–water partition coefficient (Wildman–Crippen LogP) is 4.12. The van der Waals surface area contributed by atoms with Crippen LogP contribution in [0.15, 0.2) is 48.5 Å². The van der Waals surface area contributed by atoms with Crippen molar-refractivity contribution in [2.24, 2.45) is 0 Å². The first kappa shape index (κ1) is 13.6. The Balaban J connectivity index is 1.88. The van der Waals surface area contributed by atoms with Gasteiger partial charge in [0, 0.05) is 27.8 Å². The molecule has 0 amide bonds. The van der Waals surface area contributed by atoms with Crippen molar-refractivity contribution in [2.75, 3.05) is 18.0 Å². The van der Waals surface area contributed by atoms with Crippen molar-refractivity contribution in [1.29, 1.82) is 0 Å². The van der Waals surface area contributed by atoms with Crippen molar-refractivity contribution < 1.29 is 4.79 Å². The number of halogens is 1. The molecule has 1 fully saturated rings. The van der Waals surface area contributed by atoms with E-state index in [4.69, 9.17) is 0 Å². The molecule has 2 nitrogen and oxygen atoms in total. The van der Waals surface area contributed by atoms with Crippen molar-refractivity contribution >= 4 is 34.1 Å². The molecule has 0 aromatic heterocycles. The normalized spacial score (nSPS) is 14.6. The van der Waals surface area contributed by atoms with Crippen LogP contribution in [0.5, 0.6) is 0 Å². The van der Waals surface area contributed by atoms with E-state index in [9.17, 15) is 4.79 Å². The molecule has 1 saturated heterocycles. The second-order valence-electron chi connectivity index (χ2n) is 5.06. The summed E-state index contributed by atoms with van der Waals surface area (Å²) in [6, 6.07) is 15.5. The summed E-state index contributed by atoms with van der Waals surface area (Å²) >= 11 is 2.33. The molecule has 3 heteroatoms. The van der Waals surface area contributed by atoms with Gasteiger partial charge in [0.15, 0.2) is 5.78 Å². The van der Waals surface area contributed by atoms with E-state index in [1.807, 2.05) is 42.5 Å². The Bertz CT molecular complexity index is 618. The van der Waals surface area contributed by atoms with Gasteiger partial charge in [-0.25, -0.2) is 0 Å². The molecule has 0 bridgehead atoms. The van der Waals surface area contributed by atoms with Crippen LogP contribution in [0.4, 0.5) is 5.69 Å². The smallest absolute Gasteiger partial charge is 0.193 e. The maximum Gasteiger partial charge on any atom is 0.193 e. The zero-order valence-corrected chi connectivity index (χ0v) is 13.3. The fraction of sp³-hybridized carbons (Fsp3) is 0.235. The number of nitrogens with zero attached hydrogens (tertiary/aromatic N) is 1. The van der Waals surface area contributed by atoms with Crippen molar-refractivity contribution in [2.45, 2.75) is 12.8 Å². The summed E-state index contributed by atoms with van der Waals surface area (Å²) in [5, 5.41) is 0. The lowest BCUT2D eigenvalue weighted by atomic mass is 10.0. The van der Waals surface area contributed by atoms with Crippen LogP contribution < -0.4 is 4.90 Å². The van der Waals surface area contributed by atoms with Gasteiger partial charge in [0.2, 0.25) is 0 Å². The third-order valence-corrected chi connectivity index (χ3v) is 4.56. The van der Waals surface area contributed by atoms with Gasteiger partial charge in [0.1, 0.15) is 0 Å². The largest absolute Gasteiger partial charge is 0.371 e. The number of rotatable bonds is 3. The lowest BCUT2D eigenvalue weighted by molar-refractivity contribution is 0.103. The molecule has 1 aliphatic heterocycles. The van der Waals surface area contributed by atoms with Crippen molar-refractivity contribution in [3.8, 4) is 0 Å². The Morgan fingerprint density at radius 1 is 0.950 bits per heavy atom. The number of anilines is 1. The zero-order valence-electron chi connectivity index (χ0n) is 11.2. The number of hydrogen-bond donors (Lipinski definition) is 0. The predicted molar refractivity (Wildman–Crippen MR) is 90.5 cm³/mol. The number of carbonyl (C=O) groups excluding carboxylic acids is 1. The van der Waals surface area contributed by atoms with E-state index in [0.29, 0.717) is 0 Å². The Labute approximate surface area is 132 Å². The lowest BCUT2D eigenvalue weighted by Gasteiger charge is -2.19. The highest BCUT2D eigenvalue weighted by Gasteiger charge is 2.16. The van der Waals surface area contributed by atoms with Gasteiger partial charge in [-0.1, -0.05) is 30.3 Å². The molecule has 102 valence electrons. The Hall–Kier alpha value is -1.36. The van der Waals surface area contributed by atoms with Gasteiger partial charge < -0.3 is 4.90 Å². The molecule has 2 aromatic carbocycles. The molecule has 2 aromatic rings. The Morgan fingerprint density at radius 3 is 2.30 bits per heavy atom. The van der Waals surface area contributed by atoms with Crippen LogP contribution in [0.1, 0.15) is 28.8 Å². The fourth-order valence-corrected chi connectivity index (χ4v) is 3.48. The van der Waals surface area contributed by atoms with Crippen LogP contribution >= 0.6 is 22.6 Å². The molecule has 0 N–H and O–H groups in total. The quantitative estimate of drug-likeness (QED) is 0.593. The van der Waals surface area contributed by atoms with Crippen molar-refractivity contribution in [3.05, 3.63) is 63.2 Å². The Morgan fingerprint density at radius 2 is 1.65 bits per heavy atom. The van der Waals surface area contributed by atoms with Crippen LogP contribution in [0.2, 0.25) is 0 Å². The molecule has 0 unspecified atom stereocenters. The van der Waals surface area contributed by atoms with E-state index < -0.39 is 0 Å². The van der Waals surface area contributed by atoms with Crippen LogP contribution in [0.3, 0.4) is 0 Å². The van der Waals surface area contributed by atoms with E-state index in [2.05, 4.69) is 33.6 Å². The molecule has 0 radical (unpaired) electrons. The van der Waals surface area contributed by atoms with Crippen molar-refractivity contribution in [3.63, 3.8) is 0 Å². The fourth-order valence-electron chi connectivity index (χ4n) is 2.62. The molecule has 0 spiro atoms. The maximum absolute atomic E-state index is 12.4. The minimum absolute atomic E-state index is 0.0940. The standard InChI is InChI=1S/C17H16INO/c18-15-12-14(17(20)13-6-2-1-3-7-13)8-9-16(15)19-10-4-5-11-19/h1-3,6-9,12H,4-5,10-11H2. The summed E-state index contributed by atoms with van der Waals surface area (Å²) in [5.74, 6) is 0.0940. The number of hydrogen-bond acceptors (Lipinski definition) is 2. The minimum Gasteiger partial charge on any atom is -0.371 e. The number of carbonyl (C=O) groups is 1. The molecular formula is C17H16INO. The minimum atomic E-state index is 0.0940. The summed E-state index contributed by atoms with van der Waals surface area (Å²) in [6.07, 6.45) is 2.53. The first-order valence-electron chi connectivity index (χ1n) is 6.90. The van der Waals surface area contributed by atoms with Gasteiger partial charge in [-0.2, -0.15) is 0 Å². The first-order valence-corrected chi connectivity index (χ1v) is 7.98. The molecule has 0 saturated carbocycles. The van der Waals surface area contributed by atoms with Gasteiger partial charge in [-0.15, -0.1) is 0 Å². The molecule has 0 aliphatic carbocycles. The zero-order chi connectivity index (χ0) is 13.9. The second-order valence-corrected chi connectivity index (χ2v) is 6.22. The van der Waals surface area contributed by atoms with Gasteiger partial charge in [-0.3, -0.25) is 4.79 Å². The summed E-state index contributed by atoms with van der Waals surface area (Å²) in [5.41, 5.74) is 2.77. The average molecular weight is 377 g/mol. The summed E-state index contributed by atoms with van der Waals surface area (Å²) in [7, 11) is 0. The van der Waals surface area contributed by atoms with E-state index in [1.54, 1.807) is 0 Å². The van der Waals surface area contributed by atoms with E-state index in [1.165, 1.54) is 18.5 Å². The summed E-state index contributed by atoms with van der Waals surface area (Å²) in [4.78, 5) is 14.8. The SMILES string of the molecule is O=C(c1ccccc1)c1ccc(N2CCCC2)c(I)c1. The molecule has 3 rings (SSSR count). The van der Waals surface area contributed by atoms with E-state index >= 15 is 0 Å². The number of ketones is 1. The highest BCUT2D eigenvalue weighted by Crippen LogP contribution is 2.27. The maximum atomic E-state index is 12.4. The van der Waals surface area contributed by atoms with E-state index in [-0.39, 0.29) is 5.78 Å². The lowest BCUT2D eigenvalue weighted by Crippen LogP contribution is -2.19. The topological polar surface area (TPSA) is 20.3 Å². The van der Waals surface area contributed by atoms with Crippen LogP contribution in [0.25, 0.3) is 0 Å². The summed E-state index contributed by atoms with van der Waals surface area (Å²) in [6.45, 7) is 2.25.